The fraction of sp³-hybridized carbons (Fsp3) is 0.278. The van der Waals surface area contributed by atoms with Gasteiger partial charge in [-0.1, -0.05) is 41.9 Å². The van der Waals surface area contributed by atoms with Crippen molar-refractivity contribution in [2.24, 2.45) is 0 Å². The van der Waals surface area contributed by atoms with Gasteiger partial charge in [-0.3, -0.25) is 4.79 Å². The quantitative estimate of drug-likeness (QED) is 0.765. The summed E-state index contributed by atoms with van der Waals surface area (Å²) in [5.41, 5.74) is 1.07. The zero-order chi connectivity index (χ0) is 18.3. The van der Waals surface area contributed by atoms with Crippen LogP contribution in [-0.4, -0.2) is 38.9 Å². The molecule has 2 aromatic carbocycles. The number of hydrogen-bond acceptors (Lipinski definition) is 3. The SMILES string of the molecule is CC(=O)N(CCNS(=O)(=O)c1ccccc1)CCc1ccc(Cl)cc1. The number of nitrogens with zero attached hydrogens (tertiary/aromatic N) is 1. The van der Waals surface area contributed by atoms with E-state index in [1.807, 2.05) is 24.3 Å². The maximum atomic E-state index is 12.2. The highest BCUT2D eigenvalue weighted by Gasteiger charge is 2.14. The Kier molecular flexibility index (Phi) is 6.99. The molecule has 0 saturated carbocycles. The predicted octanol–water partition coefficient (Wildman–Crippen LogP) is 2.71. The second kappa shape index (κ2) is 8.99. The number of benzene rings is 2. The Morgan fingerprint density at radius 1 is 1.04 bits per heavy atom. The molecule has 25 heavy (non-hydrogen) atoms. The van der Waals surface area contributed by atoms with Crippen LogP contribution in [0.25, 0.3) is 0 Å². The summed E-state index contributed by atoms with van der Waals surface area (Å²) < 4.78 is 26.9. The summed E-state index contributed by atoms with van der Waals surface area (Å²) in [5.74, 6) is -0.0899. The second-order valence-electron chi connectivity index (χ2n) is 5.59. The molecule has 134 valence electrons. The van der Waals surface area contributed by atoms with Gasteiger partial charge in [0.25, 0.3) is 0 Å². The minimum absolute atomic E-state index is 0.0899. The van der Waals surface area contributed by atoms with Gasteiger partial charge in [0.05, 0.1) is 4.90 Å². The number of rotatable bonds is 8. The highest BCUT2D eigenvalue weighted by Crippen LogP contribution is 2.10. The number of halogens is 1. The molecular formula is C18H21ClN2O3S. The average molecular weight is 381 g/mol. The van der Waals surface area contributed by atoms with Gasteiger partial charge in [-0.05, 0) is 36.2 Å². The molecule has 0 aliphatic heterocycles. The Labute approximate surface area is 153 Å². The van der Waals surface area contributed by atoms with Gasteiger partial charge in [0.2, 0.25) is 15.9 Å². The van der Waals surface area contributed by atoms with E-state index in [1.165, 1.54) is 19.1 Å². The lowest BCUT2D eigenvalue weighted by molar-refractivity contribution is -0.128. The topological polar surface area (TPSA) is 66.5 Å². The molecule has 0 fully saturated rings. The molecule has 1 N–H and O–H groups in total. The van der Waals surface area contributed by atoms with Crippen LogP contribution in [0, 0.1) is 0 Å². The van der Waals surface area contributed by atoms with E-state index in [9.17, 15) is 13.2 Å². The van der Waals surface area contributed by atoms with Crippen molar-refractivity contribution in [1.82, 2.24) is 9.62 Å². The van der Waals surface area contributed by atoms with E-state index >= 15 is 0 Å². The Balaban J connectivity index is 1.87. The van der Waals surface area contributed by atoms with Crippen molar-refractivity contribution >= 4 is 27.5 Å². The van der Waals surface area contributed by atoms with Crippen molar-refractivity contribution in [2.75, 3.05) is 19.6 Å². The van der Waals surface area contributed by atoms with Gasteiger partial charge in [-0.15, -0.1) is 0 Å². The molecule has 0 aromatic heterocycles. The summed E-state index contributed by atoms with van der Waals surface area (Å²) in [6, 6.07) is 15.6. The van der Waals surface area contributed by atoms with E-state index in [1.54, 1.807) is 23.1 Å². The number of amides is 1. The summed E-state index contributed by atoms with van der Waals surface area (Å²) in [4.78, 5) is 13.6. The van der Waals surface area contributed by atoms with Crippen molar-refractivity contribution in [3.05, 3.63) is 65.2 Å². The number of carbonyl (C=O) groups is 1. The zero-order valence-electron chi connectivity index (χ0n) is 14.0. The highest BCUT2D eigenvalue weighted by atomic mass is 35.5. The summed E-state index contributed by atoms with van der Waals surface area (Å²) in [6.07, 6.45) is 0.683. The lowest BCUT2D eigenvalue weighted by Gasteiger charge is -2.21. The van der Waals surface area contributed by atoms with Gasteiger partial charge < -0.3 is 4.90 Å². The largest absolute Gasteiger partial charge is 0.341 e. The number of hydrogen-bond donors (Lipinski definition) is 1. The van der Waals surface area contributed by atoms with Crippen LogP contribution in [-0.2, 0) is 21.2 Å². The minimum atomic E-state index is -3.56. The molecule has 0 unspecified atom stereocenters. The molecule has 0 bridgehead atoms. The van der Waals surface area contributed by atoms with Gasteiger partial charge in [0, 0.05) is 31.6 Å². The Hall–Kier alpha value is -1.89. The van der Waals surface area contributed by atoms with Crippen molar-refractivity contribution in [2.45, 2.75) is 18.2 Å². The predicted molar refractivity (Wildman–Crippen MR) is 99.0 cm³/mol. The maximum absolute atomic E-state index is 12.2. The Bertz CT molecular complexity index is 793. The average Bonchev–Trinajstić information content (AvgIpc) is 2.60. The van der Waals surface area contributed by atoms with Crippen LogP contribution < -0.4 is 4.72 Å². The third-order valence-corrected chi connectivity index (χ3v) is 5.49. The second-order valence-corrected chi connectivity index (χ2v) is 7.80. The minimum Gasteiger partial charge on any atom is -0.341 e. The molecule has 0 aliphatic rings. The first-order chi connectivity index (χ1) is 11.9. The number of sulfonamides is 1. The van der Waals surface area contributed by atoms with E-state index < -0.39 is 10.0 Å². The molecule has 2 rings (SSSR count). The highest BCUT2D eigenvalue weighted by molar-refractivity contribution is 7.89. The van der Waals surface area contributed by atoms with Crippen molar-refractivity contribution < 1.29 is 13.2 Å². The summed E-state index contributed by atoms with van der Waals surface area (Å²) in [7, 11) is -3.56. The molecule has 7 heteroatoms. The van der Waals surface area contributed by atoms with Gasteiger partial charge in [0.15, 0.2) is 0 Å². The van der Waals surface area contributed by atoms with Crippen LogP contribution in [0.4, 0.5) is 0 Å². The Morgan fingerprint density at radius 3 is 2.28 bits per heavy atom. The van der Waals surface area contributed by atoms with Crippen LogP contribution in [0.5, 0.6) is 0 Å². The first-order valence-corrected chi connectivity index (χ1v) is 9.79. The van der Waals surface area contributed by atoms with E-state index in [4.69, 9.17) is 11.6 Å². The van der Waals surface area contributed by atoms with Crippen LogP contribution in [0.15, 0.2) is 59.5 Å². The van der Waals surface area contributed by atoms with Gasteiger partial charge in [-0.25, -0.2) is 13.1 Å². The monoisotopic (exact) mass is 380 g/mol. The van der Waals surface area contributed by atoms with Crippen molar-refractivity contribution in [3.8, 4) is 0 Å². The molecule has 0 heterocycles. The molecule has 0 atom stereocenters. The van der Waals surface area contributed by atoms with Gasteiger partial charge in [-0.2, -0.15) is 0 Å². The normalized spacial score (nSPS) is 11.3. The summed E-state index contributed by atoms with van der Waals surface area (Å²) in [5, 5.41) is 0.669. The first-order valence-electron chi connectivity index (χ1n) is 7.93. The zero-order valence-corrected chi connectivity index (χ0v) is 15.6. The standard InChI is InChI=1S/C18H21ClN2O3S/c1-15(22)21(13-11-16-7-9-17(19)10-8-16)14-12-20-25(23,24)18-5-3-2-4-6-18/h2-10,20H,11-14H2,1H3. The van der Waals surface area contributed by atoms with Gasteiger partial charge >= 0.3 is 0 Å². The third kappa shape index (κ3) is 6.16. The van der Waals surface area contributed by atoms with E-state index in [0.29, 0.717) is 24.5 Å². The molecular weight excluding hydrogens is 360 g/mol. The number of nitrogens with one attached hydrogen (secondary N) is 1. The van der Waals surface area contributed by atoms with Crippen LogP contribution >= 0.6 is 11.6 Å². The third-order valence-electron chi connectivity index (χ3n) is 3.76. The van der Waals surface area contributed by atoms with Gasteiger partial charge in [0.1, 0.15) is 0 Å². The molecule has 5 nitrogen and oxygen atoms in total. The van der Waals surface area contributed by atoms with Crippen molar-refractivity contribution in [3.63, 3.8) is 0 Å². The molecule has 0 aliphatic carbocycles. The van der Waals surface area contributed by atoms with E-state index in [2.05, 4.69) is 4.72 Å². The number of carbonyl (C=O) groups excluding carboxylic acids is 1. The lowest BCUT2D eigenvalue weighted by atomic mass is 10.1. The molecule has 1 amide bonds. The van der Waals surface area contributed by atoms with Crippen LogP contribution in [0.3, 0.4) is 0 Å². The smallest absolute Gasteiger partial charge is 0.240 e. The summed E-state index contributed by atoms with van der Waals surface area (Å²) in [6.45, 7) is 2.48. The Morgan fingerprint density at radius 2 is 1.68 bits per heavy atom. The maximum Gasteiger partial charge on any atom is 0.240 e. The fourth-order valence-corrected chi connectivity index (χ4v) is 3.51. The van der Waals surface area contributed by atoms with Crippen LogP contribution in [0.1, 0.15) is 12.5 Å². The summed E-state index contributed by atoms with van der Waals surface area (Å²) >= 11 is 5.86. The van der Waals surface area contributed by atoms with Crippen molar-refractivity contribution in [1.29, 1.82) is 0 Å². The molecule has 0 saturated heterocycles. The molecule has 0 radical (unpaired) electrons. The molecule has 2 aromatic rings. The first kappa shape index (κ1) is 19.4. The lowest BCUT2D eigenvalue weighted by Crippen LogP contribution is -2.38. The fourth-order valence-electron chi connectivity index (χ4n) is 2.34. The molecule has 0 spiro atoms. The van der Waals surface area contributed by atoms with Crippen LogP contribution in [0.2, 0.25) is 5.02 Å². The van der Waals surface area contributed by atoms with E-state index in [-0.39, 0.29) is 17.3 Å². The van der Waals surface area contributed by atoms with E-state index in [0.717, 1.165) is 5.56 Å².